The zero-order valence-corrected chi connectivity index (χ0v) is 12.3. The molecule has 4 rings (SSSR count). The number of hydrogen-bond acceptors (Lipinski definition) is 1. The topological polar surface area (TPSA) is 12.9 Å². The molecular formula is C18H18BN. The maximum absolute atomic E-state index is 6.69. The highest BCUT2D eigenvalue weighted by molar-refractivity contribution is 6.20. The fraction of sp³-hybridized carbons (Fsp3) is 0.389. The van der Waals surface area contributed by atoms with Crippen molar-refractivity contribution in [1.82, 2.24) is 4.98 Å². The lowest BCUT2D eigenvalue weighted by Crippen LogP contribution is -2.27. The third-order valence-electron chi connectivity index (χ3n) is 6.00. The molecule has 1 fully saturated rings. The van der Waals surface area contributed by atoms with Gasteiger partial charge in [-0.1, -0.05) is 51.1 Å². The van der Waals surface area contributed by atoms with Crippen molar-refractivity contribution in [3.05, 3.63) is 53.7 Å². The second-order valence-electron chi connectivity index (χ2n) is 7.09. The largest absolute Gasteiger partial charge is 0.256 e. The molecule has 2 unspecified atom stereocenters. The van der Waals surface area contributed by atoms with Crippen LogP contribution in [0.3, 0.4) is 0 Å². The van der Waals surface area contributed by atoms with E-state index in [1.165, 1.54) is 11.1 Å². The lowest BCUT2D eigenvalue weighted by molar-refractivity contribution is 0.325. The highest BCUT2D eigenvalue weighted by Crippen LogP contribution is 2.76. The summed E-state index contributed by atoms with van der Waals surface area (Å²) < 4.78 is 0. The van der Waals surface area contributed by atoms with E-state index in [0.29, 0.717) is 0 Å². The second kappa shape index (κ2) is 3.36. The number of rotatable bonds is 1. The Hall–Kier alpha value is -1.57. The first kappa shape index (κ1) is 12.2. The van der Waals surface area contributed by atoms with E-state index in [0.717, 1.165) is 17.7 Å². The second-order valence-corrected chi connectivity index (χ2v) is 7.09. The molecule has 2 heteroatoms. The summed E-state index contributed by atoms with van der Waals surface area (Å²) in [6.07, 6.45) is 3.13. The molecule has 0 saturated heterocycles. The summed E-state index contributed by atoms with van der Waals surface area (Å²) in [6, 6.07) is 12.5. The van der Waals surface area contributed by atoms with Gasteiger partial charge in [-0.05, 0) is 39.8 Å². The zero-order valence-electron chi connectivity index (χ0n) is 12.3. The molecule has 2 radical (unpaired) electrons. The highest BCUT2D eigenvalue weighted by Gasteiger charge is 2.73. The fourth-order valence-corrected chi connectivity index (χ4v) is 4.07. The lowest BCUT2D eigenvalue weighted by atomic mass is 9.70. The van der Waals surface area contributed by atoms with Gasteiger partial charge in [0.1, 0.15) is 0 Å². The van der Waals surface area contributed by atoms with Crippen molar-refractivity contribution in [2.45, 2.75) is 37.9 Å². The van der Waals surface area contributed by atoms with E-state index < -0.39 is 0 Å². The molecule has 1 nitrogen and oxygen atoms in total. The van der Waals surface area contributed by atoms with Gasteiger partial charge < -0.3 is 0 Å². The summed E-state index contributed by atoms with van der Waals surface area (Å²) in [5.41, 5.74) is 5.11. The Morgan fingerprint density at radius 1 is 1.05 bits per heavy atom. The summed E-state index contributed by atoms with van der Waals surface area (Å²) in [7, 11) is 6.69. The summed E-state index contributed by atoms with van der Waals surface area (Å²) in [6.45, 7) is 6.92. The van der Waals surface area contributed by atoms with Crippen LogP contribution < -0.4 is 0 Å². The third kappa shape index (κ3) is 1.19. The van der Waals surface area contributed by atoms with Crippen molar-refractivity contribution in [2.75, 3.05) is 0 Å². The Morgan fingerprint density at radius 3 is 2.45 bits per heavy atom. The van der Waals surface area contributed by atoms with Gasteiger partial charge in [0.15, 0.2) is 0 Å². The van der Waals surface area contributed by atoms with Crippen LogP contribution in [0.4, 0.5) is 0 Å². The predicted octanol–water partition coefficient (Wildman–Crippen LogP) is 3.81. The van der Waals surface area contributed by atoms with Crippen LogP contribution in [-0.2, 0) is 10.7 Å². The normalized spacial score (nSPS) is 32.5. The Balaban J connectivity index is 1.91. The van der Waals surface area contributed by atoms with E-state index in [9.17, 15) is 0 Å². The van der Waals surface area contributed by atoms with Gasteiger partial charge in [0, 0.05) is 11.8 Å². The number of fused-ring (bicyclic) bond motifs is 3. The average molecular weight is 259 g/mol. The van der Waals surface area contributed by atoms with E-state index in [2.05, 4.69) is 44.0 Å². The first-order chi connectivity index (χ1) is 9.40. The van der Waals surface area contributed by atoms with E-state index in [1.807, 2.05) is 24.4 Å². The van der Waals surface area contributed by atoms with Crippen molar-refractivity contribution in [3.63, 3.8) is 0 Å². The molecule has 1 heterocycles. The minimum atomic E-state index is -0.154. The van der Waals surface area contributed by atoms with Crippen molar-refractivity contribution in [2.24, 2.45) is 5.41 Å². The molecule has 0 spiro atoms. The van der Waals surface area contributed by atoms with Gasteiger partial charge in [-0.25, -0.2) is 0 Å². The molecule has 1 aromatic carbocycles. The molecule has 0 N–H and O–H groups in total. The maximum Gasteiger partial charge on any atom is 0.0818 e. The first-order valence-electron chi connectivity index (χ1n) is 7.25. The Morgan fingerprint density at radius 2 is 1.75 bits per heavy atom. The van der Waals surface area contributed by atoms with Crippen LogP contribution in [0.15, 0.2) is 42.6 Å². The van der Waals surface area contributed by atoms with E-state index in [-0.39, 0.29) is 16.1 Å². The van der Waals surface area contributed by atoms with Gasteiger partial charge in [0.25, 0.3) is 0 Å². The van der Waals surface area contributed by atoms with Crippen LogP contribution in [0, 0.1) is 5.41 Å². The molecule has 20 heavy (non-hydrogen) atoms. The van der Waals surface area contributed by atoms with Crippen LogP contribution >= 0.6 is 0 Å². The maximum atomic E-state index is 6.69. The standard InChI is InChI=1S/C18H18BN/c1-16(2)14-10-20-15(12-7-5-4-6-8-12)9-13(14)18(19)11-17(16,18)3/h4-10H,11H2,1-3H3. The van der Waals surface area contributed by atoms with Crippen molar-refractivity contribution in [1.29, 1.82) is 0 Å². The van der Waals surface area contributed by atoms with Gasteiger partial charge in [-0.15, -0.1) is 0 Å². The van der Waals surface area contributed by atoms with Gasteiger partial charge in [-0.2, -0.15) is 0 Å². The van der Waals surface area contributed by atoms with Gasteiger partial charge in [-0.3, -0.25) is 4.98 Å². The van der Waals surface area contributed by atoms with Crippen LogP contribution in [0.2, 0.25) is 0 Å². The zero-order chi connectivity index (χ0) is 14.2. The van der Waals surface area contributed by atoms with Gasteiger partial charge >= 0.3 is 0 Å². The van der Waals surface area contributed by atoms with Crippen molar-refractivity contribution < 1.29 is 0 Å². The minimum Gasteiger partial charge on any atom is -0.256 e. The van der Waals surface area contributed by atoms with Crippen LogP contribution in [0.1, 0.15) is 38.3 Å². The van der Waals surface area contributed by atoms with Gasteiger partial charge in [0.2, 0.25) is 0 Å². The van der Waals surface area contributed by atoms with E-state index in [4.69, 9.17) is 7.85 Å². The lowest BCUT2D eigenvalue weighted by Gasteiger charge is -2.29. The monoisotopic (exact) mass is 259 g/mol. The summed E-state index contributed by atoms with van der Waals surface area (Å²) >= 11 is 0. The number of pyridine rings is 1. The van der Waals surface area contributed by atoms with E-state index >= 15 is 0 Å². The quantitative estimate of drug-likeness (QED) is 0.709. The molecule has 0 bridgehead atoms. The number of aromatic nitrogens is 1. The molecule has 1 aromatic heterocycles. The fourth-order valence-electron chi connectivity index (χ4n) is 4.07. The van der Waals surface area contributed by atoms with Crippen molar-refractivity contribution >= 4 is 7.85 Å². The number of benzene rings is 1. The highest BCUT2D eigenvalue weighted by atomic mass is 14.8. The average Bonchev–Trinajstić information content (AvgIpc) is 3.01. The predicted molar refractivity (Wildman–Crippen MR) is 82.9 cm³/mol. The number of nitrogens with zero attached hydrogens (tertiary/aromatic N) is 1. The summed E-state index contributed by atoms with van der Waals surface area (Å²) in [5, 5.41) is -0.154. The van der Waals surface area contributed by atoms with Gasteiger partial charge in [0.05, 0.1) is 13.5 Å². The van der Waals surface area contributed by atoms with Crippen LogP contribution in [0.25, 0.3) is 11.3 Å². The first-order valence-corrected chi connectivity index (χ1v) is 7.25. The Kier molecular flexibility index (Phi) is 2.05. The van der Waals surface area contributed by atoms with Crippen LogP contribution in [-0.4, -0.2) is 12.8 Å². The molecule has 2 aliphatic carbocycles. The van der Waals surface area contributed by atoms with E-state index in [1.54, 1.807) is 0 Å². The smallest absolute Gasteiger partial charge is 0.0818 e. The Bertz CT molecular complexity index is 707. The van der Waals surface area contributed by atoms with Crippen LogP contribution in [0.5, 0.6) is 0 Å². The summed E-state index contributed by atoms with van der Waals surface area (Å²) in [5.74, 6) is 0. The molecule has 2 aliphatic rings. The molecule has 1 saturated carbocycles. The third-order valence-corrected chi connectivity index (χ3v) is 6.00. The Labute approximate surface area is 121 Å². The minimum absolute atomic E-state index is 0.110. The molecule has 2 aromatic rings. The summed E-state index contributed by atoms with van der Waals surface area (Å²) in [4.78, 5) is 4.68. The molecule has 0 amide bonds. The SMILES string of the molecule is [B]C12CC1(C)C(C)(C)c1cnc(-c3ccccc3)cc12. The van der Waals surface area contributed by atoms with Crippen molar-refractivity contribution in [3.8, 4) is 11.3 Å². The molecule has 98 valence electrons. The molecule has 0 aliphatic heterocycles. The molecule has 2 atom stereocenters. The molecular weight excluding hydrogens is 241 g/mol. The number of hydrogen-bond donors (Lipinski definition) is 0.